The molecule has 0 amide bonds. The minimum absolute atomic E-state index is 0.569. The van der Waals surface area contributed by atoms with E-state index in [2.05, 4.69) is 97.1 Å². The van der Waals surface area contributed by atoms with Gasteiger partial charge in [-0.1, -0.05) is 123 Å². The predicted octanol–water partition coefficient (Wildman–Crippen LogP) is 9.91. The van der Waals surface area contributed by atoms with Gasteiger partial charge in [0.2, 0.25) is 0 Å². The third-order valence-electron chi connectivity index (χ3n) is 9.20. The van der Waals surface area contributed by atoms with Crippen LogP contribution in [0, 0.1) is 0 Å². The van der Waals surface area contributed by atoms with Crippen molar-refractivity contribution in [3.8, 4) is 22.6 Å². The van der Waals surface area contributed by atoms with E-state index >= 15 is 0 Å². The molecule has 2 aliphatic carbocycles. The lowest BCUT2D eigenvalue weighted by Gasteiger charge is -2.39. The first-order valence-electron chi connectivity index (χ1n) is 15.8. The maximum Gasteiger partial charge on any atom is 0.127 e. The van der Waals surface area contributed by atoms with Crippen LogP contribution >= 0.6 is 15.2 Å². The average molecular weight is 595 g/mol. The monoisotopic (exact) mass is 594 g/mol. The highest BCUT2D eigenvalue weighted by atomic mass is 32.1. The second kappa shape index (κ2) is 14.2. The molecule has 0 aliphatic heterocycles. The molecule has 6 rings (SSSR count). The number of methoxy groups -OCH3 is 2. The van der Waals surface area contributed by atoms with Crippen LogP contribution in [-0.4, -0.2) is 19.9 Å². The van der Waals surface area contributed by atoms with Crippen LogP contribution in [0.2, 0.25) is 0 Å². The van der Waals surface area contributed by atoms with Crippen LogP contribution in [0.4, 0.5) is 0 Å². The fourth-order valence-corrected chi connectivity index (χ4v) is 16.4. The Morgan fingerprint density at radius 2 is 1.14 bits per heavy atom. The summed E-state index contributed by atoms with van der Waals surface area (Å²) in [5.74, 6) is 2.57. The van der Waals surface area contributed by atoms with Crippen LogP contribution in [0.15, 0.2) is 97.1 Å². The fourth-order valence-electron chi connectivity index (χ4n) is 7.09. The minimum atomic E-state index is -0.613. The smallest absolute Gasteiger partial charge is 0.127 e. The topological polar surface area (TPSA) is 18.5 Å². The van der Waals surface area contributed by atoms with Crippen LogP contribution < -0.4 is 25.4 Å². The van der Waals surface area contributed by atoms with Gasteiger partial charge in [-0.3, -0.25) is 0 Å². The zero-order valence-corrected chi connectivity index (χ0v) is 27.0. The van der Waals surface area contributed by atoms with E-state index in [1.807, 2.05) is 7.11 Å². The molecular weight excluding hydrogens is 550 g/mol. The lowest BCUT2D eigenvalue weighted by atomic mass is 9.84. The van der Waals surface area contributed by atoms with E-state index in [0.29, 0.717) is 5.66 Å². The summed E-state index contributed by atoms with van der Waals surface area (Å²) in [6.07, 6.45) is 13.5. The summed E-state index contributed by atoms with van der Waals surface area (Å²) in [5, 5.41) is 4.47. The van der Waals surface area contributed by atoms with E-state index in [-0.39, 0.29) is 0 Å². The van der Waals surface area contributed by atoms with Crippen molar-refractivity contribution < 1.29 is 9.47 Å². The van der Waals surface area contributed by atoms with Crippen LogP contribution in [-0.2, 0) is 0 Å². The van der Waals surface area contributed by atoms with Crippen molar-refractivity contribution in [3.63, 3.8) is 0 Å². The third-order valence-corrected chi connectivity index (χ3v) is 17.6. The summed E-state index contributed by atoms with van der Waals surface area (Å²) in [7, 11) is 2.41. The average Bonchev–Trinajstić information content (AvgIpc) is 3.08. The van der Waals surface area contributed by atoms with Gasteiger partial charge in [0.1, 0.15) is 11.5 Å². The molecule has 2 atom stereocenters. The van der Waals surface area contributed by atoms with E-state index in [1.54, 1.807) is 12.7 Å². The van der Waals surface area contributed by atoms with Crippen LogP contribution in [0.5, 0.6) is 11.5 Å². The molecular formula is C38H44O2P2. The van der Waals surface area contributed by atoms with Gasteiger partial charge in [-0.25, -0.2) is 0 Å². The second-order valence-electron chi connectivity index (χ2n) is 11.8. The Hall–Kier alpha value is -2.66. The SMILES string of the molecule is COc1ccccc1-c1c(OC)cccc1P(C1CCCCC1)[P@](c1ccccc1)c1ccc(C2CCCCC2)cc1. The first-order valence-corrected chi connectivity index (χ1v) is 19.3. The van der Waals surface area contributed by atoms with E-state index in [1.165, 1.54) is 85.7 Å². The molecule has 2 aliphatic rings. The summed E-state index contributed by atoms with van der Waals surface area (Å²) < 4.78 is 12.1. The second-order valence-corrected chi connectivity index (χ2v) is 17.8. The standard InChI is InChI=1S/C38H44O2P2/c1-39-35-22-13-12-21-34(35)38-36(40-2)23-14-24-37(38)42(32-19-10-5-11-20-32)41(31-17-8-4-9-18-31)33-27-25-30(26-28-33)29-15-6-3-7-16-29/h4,8-9,12-14,17-18,21-29,32H,3,5-7,10-11,15-16,19-20H2,1-2H3/t41-,42?/m1/s1. The maximum absolute atomic E-state index is 6.11. The maximum atomic E-state index is 6.11. The molecule has 4 heteroatoms. The first-order chi connectivity index (χ1) is 20.8. The number of hydrogen-bond acceptors (Lipinski definition) is 2. The predicted molar refractivity (Wildman–Crippen MR) is 183 cm³/mol. The molecule has 218 valence electrons. The molecule has 0 heterocycles. The van der Waals surface area contributed by atoms with Crippen molar-refractivity contribution in [3.05, 3.63) is 103 Å². The lowest BCUT2D eigenvalue weighted by Crippen LogP contribution is -2.24. The van der Waals surface area contributed by atoms with Crippen molar-refractivity contribution in [1.82, 2.24) is 0 Å². The first kappa shape index (κ1) is 29.4. The van der Waals surface area contributed by atoms with E-state index in [9.17, 15) is 0 Å². The summed E-state index contributed by atoms with van der Waals surface area (Å²) in [6, 6.07) is 36.6. The molecule has 0 spiro atoms. The van der Waals surface area contributed by atoms with Crippen LogP contribution in [0.1, 0.15) is 75.7 Å². The van der Waals surface area contributed by atoms with Crippen LogP contribution in [0.25, 0.3) is 11.1 Å². The molecule has 2 fully saturated rings. The molecule has 0 N–H and O–H groups in total. The van der Waals surface area contributed by atoms with Crippen LogP contribution in [0.3, 0.4) is 0 Å². The molecule has 0 radical (unpaired) electrons. The summed E-state index contributed by atoms with van der Waals surface area (Å²) in [4.78, 5) is 0. The molecule has 1 unspecified atom stereocenters. The lowest BCUT2D eigenvalue weighted by molar-refractivity contribution is 0.410. The van der Waals surface area contributed by atoms with Gasteiger partial charge in [-0.05, 0) is 86.1 Å². The zero-order chi connectivity index (χ0) is 28.7. The van der Waals surface area contributed by atoms with Crippen molar-refractivity contribution in [2.24, 2.45) is 0 Å². The van der Waals surface area contributed by atoms with Gasteiger partial charge in [-0.15, -0.1) is 0 Å². The van der Waals surface area contributed by atoms with Gasteiger partial charge in [0, 0.05) is 11.1 Å². The van der Waals surface area contributed by atoms with Gasteiger partial charge in [0.25, 0.3) is 0 Å². The molecule has 2 nitrogen and oxygen atoms in total. The zero-order valence-electron chi connectivity index (χ0n) is 25.2. The largest absolute Gasteiger partial charge is 0.496 e. The van der Waals surface area contributed by atoms with Crippen molar-refractivity contribution in [2.45, 2.75) is 75.8 Å². The number of benzene rings is 4. The molecule has 4 aromatic rings. The summed E-state index contributed by atoms with van der Waals surface area (Å²) in [6.45, 7) is 0. The molecule has 0 bridgehead atoms. The summed E-state index contributed by atoms with van der Waals surface area (Å²) in [5.41, 5.74) is 4.57. The summed E-state index contributed by atoms with van der Waals surface area (Å²) >= 11 is 0. The normalized spacial score (nSPS) is 17.9. The minimum Gasteiger partial charge on any atom is -0.496 e. The number of hydrogen-bond donors (Lipinski definition) is 0. The van der Waals surface area contributed by atoms with Gasteiger partial charge in [-0.2, -0.15) is 0 Å². The molecule has 0 aromatic heterocycles. The van der Waals surface area contributed by atoms with E-state index in [0.717, 1.165) is 23.0 Å². The Balaban J connectivity index is 1.54. The number of ether oxygens (including phenoxy) is 2. The van der Waals surface area contributed by atoms with Crippen molar-refractivity contribution in [1.29, 1.82) is 0 Å². The van der Waals surface area contributed by atoms with E-state index in [4.69, 9.17) is 9.47 Å². The van der Waals surface area contributed by atoms with Gasteiger partial charge in [0.15, 0.2) is 0 Å². The Labute approximate surface area is 255 Å². The number of para-hydroxylation sites is 1. The Morgan fingerprint density at radius 1 is 0.548 bits per heavy atom. The molecule has 42 heavy (non-hydrogen) atoms. The molecule has 0 saturated heterocycles. The fraction of sp³-hybridized carbons (Fsp3) is 0.368. The van der Waals surface area contributed by atoms with Gasteiger partial charge in [0.05, 0.1) is 14.2 Å². The highest BCUT2D eigenvalue weighted by molar-refractivity contribution is 8.39. The van der Waals surface area contributed by atoms with Crippen molar-refractivity contribution >= 4 is 31.1 Å². The van der Waals surface area contributed by atoms with E-state index < -0.39 is 15.2 Å². The van der Waals surface area contributed by atoms with Gasteiger partial charge >= 0.3 is 0 Å². The highest BCUT2D eigenvalue weighted by Crippen LogP contribution is 2.72. The Morgan fingerprint density at radius 3 is 1.83 bits per heavy atom. The highest BCUT2D eigenvalue weighted by Gasteiger charge is 2.36. The Bertz CT molecular complexity index is 1420. The quantitative estimate of drug-likeness (QED) is 0.180. The van der Waals surface area contributed by atoms with Gasteiger partial charge < -0.3 is 9.47 Å². The Kier molecular flexibility index (Phi) is 9.95. The number of rotatable bonds is 9. The third kappa shape index (κ3) is 6.32. The molecule has 4 aromatic carbocycles. The molecule has 2 saturated carbocycles. The van der Waals surface area contributed by atoms with Crippen molar-refractivity contribution in [2.75, 3.05) is 14.2 Å².